The highest BCUT2D eigenvalue weighted by atomic mass is 35.5. The van der Waals surface area contributed by atoms with Gasteiger partial charge in [0.05, 0.1) is 11.4 Å². The average Bonchev–Trinajstić information content (AvgIpc) is 2.42. The lowest BCUT2D eigenvalue weighted by molar-refractivity contribution is 0.0727. The molecule has 1 aromatic carbocycles. The quantitative estimate of drug-likeness (QED) is 0.632. The van der Waals surface area contributed by atoms with E-state index in [1.807, 2.05) is 0 Å². The SMILES string of the molecule is O=C(Oc1ccc(CCl)oc1=O)c1ccccc1. The van der Waals surface area contributed by atoms with E-state index in [0.717, 1.165) is 0 Å². The van der Waals surface area contributed by atoms with Crippen molar-refractivity contribution in [2.75, 3.05) is 0 Å². The van der Waals surface area contributed by atoms with Gasteiger partial charge in [0.1, 0.15) is 5.76 Å². The number of rotatable bonds is 3. The summed E-state index contributed by atoms with van der Waals surface area (Å²) in [7, 11) is 0. The predicted octanol–water partition coefficient (Wildman–Crippen LogP) is 2.60. The Morgan fingerprint density at radius 2 is 1.89 bits per heavy atom. The molecule has 0 saturated carbocycles. The van der Waals surface area contributed by atoms with E-state index in [2.05, 4.69) is 0 Å². The van der Waals surface area contributed by atoms with E-state index in [0.29, 0.717) is 11.3 Å². The van der Waals surface area contributed by atoms with Gasteiger partial charge in [0.15, 0.2) is 0 Å². The minimum Gasteiger partial charge on any atom is -0.424 e. The Labute approximate surface area is 108 Å². The van der Waals surface area contributed by atoms with E-state index >= 15 is 0 Å². The van der Waals surface area contributed by atoms with Gasteiger partial charge in [0, 0.05) is 0 Å². The molecule has 0 saturated heterocycles. The fourth-order valence-corrected chi connectivity index (χ4v) is 1.46. The van der Waals surface area contributed by atoms with Crippen LogP contribution in [0.3, 0.4) is 0 Å². The second kappa shape index (κ2) is 5.51. The summed E-state index contributed by atoms with van der Waals surface area (Å²) in [5.74, 6) is -0.359. The maximum atomic E-state index is 11.7. The minimum atomic E-state index is -0.725. The molecule has 0 fully saturated rings. The molecule has 0 aliphatic carbocycles. The van der Waals surface area contributed by atoms with Gasteiger partial charge in [-0.05, 0) is 24.3 Å². The van der Waals surface area contributed by atoms with Crippen LogP contribution in [0.25, 0.3) is 0 Å². The molecule has 1 heterocycles. The molecule has 18 heavy (non-hydrogen) atoms. The topological polar surface area (TPSA) is 56.5 Å². The fraction of sp³-hybridized carbons (Fsp3) is 0.0769. The van der Waals surface area contributed by atoms with Gasteiger partial charge in [-0.25, -0.2) is 9.59 Å². The summed E-state index contributed by atoms with van der Waals surface area (Å²) in [6, 6.07) is 11.2. The number of carbonyl (C=O) groups is 1. The molecule has 1 aromatic heterocycles. The Bertz CT molecular complexity index is 604. The molecule has 0 amide bonds. The molecular formula is C13H9ClO4. The highest BCUT2D eigenvalue weighted by Crippen LogP contribution is 2.10. The number of alkyl halides is 1. The number of hydrogen-bond acceptors (Lipinski definition) is 4. The van der Waals surface area contributed by atoms with Gasteiger partial charge < -0.3 is 9.15 Å². The molecule has 0 N–H and O–H groups in total. The highest BCUT2D eigenvalue weighted by Gasteiger charge is 2.11. The van der Waals surface area contributed by atoms with Crippen LogP contribution in [0.5, 0.6) is 5.75 Å². The van der Waals surface area contributed by atoms with Crippen LogP contribution in [0.4, 0.5) is 0 Å². The number of esters is 1. The number of hydrogen-bond donors (Lipinski definition) is 0. The Morgan fingerprint density at radius 3 is 2.50 bits per heavy atom. The van der Waals surface area contributed by atoms with E-state index in [4.69, 9.17) is 20.8 Å². The Hall–Kier alpha value is -2.07. The van der Waals surface area contributed by atoms with Crippen molar-refractivity contribution >= 4 is 17.6 Å². The first-order valence-corrected chi connectivity index (χ1v) is 5.70. The molecule has 4 nitrogen and oxygen atoms in total. The van der Waals surface area contributed by atoms with Gasteiger partial charge in [0.2, 0.25) is 5.75 Å². The van der Waals surface area contributed by atoms with Crippen molar-refractivity contribution < 1.29 is 13.9 Å². The second-order valence-corrected chi connectivity index (χ2v) is 3.71. The van der Waals surface area contributed by atoms with Crippen molar-refractivity contribution in [3.05, 3.63) is 64.2 Å². The summed E-state index contributed by atoms with van der Waals surface area (Å²) < 4.78 is 9.77. The summed E-state index contributed by atoms with van der Waals surface area (Å²) >= 11 is 5.51. The molecular weight excluding hydrogens is 256 g/mol. The van der Waals surface area contributed by atoms with Crippen LogP contribution >= 0.6 is 11.6 Å². The zero-order valence-electron chi connectivity index (χ0n) is 9.26. The maximum absolute atomic E-state index is 11.7. The molecule has 0 bridgehead atoms. The van der Waals surface area contributed by atoms with Crippen LogP contribution in [0.2, 0.25) is 0 Å². The molecule has 5 heteroatoms. The maximum Gasteiger partial charge on any atom is 0.379 e. The van der Waals surface area contributed by atoms with Crippen molar-refractivity contribution in [3.8, 4) is 5.75 Å². The molecule has 0 atom stereocenters. The largest absolute Gasteiger partial charge is 0.424 e. The normalized spacial score (nSPS) is 10.1. The first-order valence-electron chi connectivity index (χ1n) is 5.17. The van der Waals surface area contributed by atoms with Crippen molar-refractivity contribution in [1.29, 1.82) is 0 Å². The Morgan fingerprint density at radius 1 is 1.17 bits per heavy atom. The summed E-state index contributed by atoms with van der Waals surface area (Å²) in [5.41, 5.74) is -0.365. The molecule has 92 valence electrons. The molecule has 0 spiro atoms. The van der Waals surface area contributed by atoms with Crippen molar-refractivity contribution in [2.24, 2.45) is 0 Å². The molecule has 0 aliphatic rings. The first kappa shape index (κ1) is 12.4. The van der Waals surface area contributed by atoms with E-state index in [1.165, 1.54) is 12.1 Å². The van der Waals surface area contributed by atoms with Crippen LogP contribution < -0.4 is 10.4 Å². The van der Waals surface area contributed by atoms with Crippen molar-refractivity contribution in [2.45, 2.75) is 5.88 Å². The molecule has 0 unspecified atom stereocenters. The third-order valence-electron chi connectivity index (χ3n) is 2.19. The van der Waals surface area contributed by atoms with E-state index in [1.54, 1.807) is 30.3 Å². The van der Waals surface area contributed by atoms with Crippen LogP contribution in [-0.2, 0) is 5.88 Å². The van der Waals surface area contributed by atoms with Gasteiger partial charge in [-0.15, -0.1) is 11.6 Å². The third kappa shape index (κ3) is 2.78. The second-order valence-electron chi connectivity index (χ2n) is 3.44. The van der Waals surface area contributed by atoms with Crippen molar-refractivity contribution in [3.63, 3.8) is 0 Å². The zero-order valence-corrected chi connectivity index (χ0v) is 10.0. The van der Waals surface area contributed by atoms with Gasteiger partial charge in [-0.2, -0.15) is 0 Å². The molecule has 2 aromatic rings. The Kier molecular flexibility index (Phi) is 3.79. The summed E-state index contributed by atoms with van der Waals surface area (Å²) in [5, 5.41) is 0. The zero-order chi connectivity index (χ0) is 13.0. The van der Waals surface area contributed by atoms with Crippen LogP contribution in [0.1, 0.15) is 16.1 Å². The van der Waals surface area contributed by atoms with Crippen LogP contribution in [-0.4, -0.2) is 5.97 Å². The predicted molar refractivity (Wildman–Crippen MR) is 65.9 cm³/mol. The lowest BCUT2D eigenvalue weighted by Crippen LogP contribution is -2.14. The molecule has 2 rings (SSSR count). The van der Waals surface area contributed by atoms with Crippen LogP contribution in [0, 0.1) is 0 Å². The van der Waals surface area contributed by atoms with Gasteiger partial charge >= 0.3 is 11.6 Å². The lowest BCUT2D eigenvalue weighted by Gasteiger charge is -2.03. The summed E-state index contributed by atoms with van der Waals surface area (Å²) in [6.07, 6.45) is 0. The summed E-state index contributed by atoms with van der Waals surface area (Å²) in [6.45, 7) is 0. The summed E-state index contributed by atoms with van der Waals surface area (Å²) in [4.78, 5) is 23.2. The van der Waals surface area contributed by atoms with E-state index in [9.17, 15) is 9.59 Å². The smallest absolute Gasteiger partial charge is 0.379 e. The average molecular weight is 265 g/mol. The minimum absolute atomic E-state index is 0.0855. The molecule has 0 radical (unpaired) electrons. The molecule has 0 aliphatic heterocycles. The fourth-order valence-electron chi connectivity index (χ4n) is 1.32. The van der Waals surface area contributed by atoms with Gasteiger partial charge in [-0.1, -0.05) is 18.2 Å². The third-order valence-corrected chi connectivity index (χ3v) is 2.45. The lowest BCUT2D eigenvalue weighted by atomic mass is 10.2. The van der Waals surface area contributed by atoms with Crippen LogP contribution in [0.15, 0.2) is 51.7 Å². The number of benzene rings is 1. The van der Waals surface area contributed by atoms with Gasteiger partial charge in [-0.3, -0.25) is 0 Å². The van der Waals surface area contributed by atoms with E-state index in [-0.39, 0.29) is 11.6 Å². The first-order chi connectivity index (χ1) is 8.70. The monoisotopic (exact) mass is 264 g/mol. The number of halogens is 1. The highest BCUT2D eigenvalue weighted by molar-refractivity contribution is 6.16. The number of carbonyl (C=O) groups excluding carboxylic acids is 1. The standard InChI is InChI=1S/C13H9ClO4/c14-8-10-6-7-11(13(16)17-10)18-12(15)9-4-2-1-3-5-9/h1-7H,8H2. The van der Waals surface area contributed by atoms with Gasteiger partial charge in [0.25, 0.3) is 0 Å². The number of ether oxygens (including phenoxy) is 1. The van der Waals surface area contributed by atoms with Crippen molar-refractivity contribution in [1.82, 2.24) is 0 Å². The Balaban J connectivity index is 2.20. The van der Waals surface area contributed by atoms with E-state index < -0.39 is 11.6 Å².